The molecule has 0 unspecified atom stereocenters. The van der Waals surface area contributed by atoms with E-state index in [9.17, 15) is 0 Å². The molecule has 8 heteroatoms. The predicted molar refractivity (Wildman–Crippen MR) is 100 cm³/mol. The number of hydrogen-bond donors (Lipinski definition) is 0. The molecule has 0 N–H and O–H groups in total. The summed E-state index contributed by atoms with van der Waals surface area (Å²) in [6.45, 7) is 8.08. The van der Waals surface area contributed by atoms with E-state index in [0.717, 1.165) is 11.1 Å². The van der Waals surface area contributed by atoms with Gasteiger partial charge in [-0.3, -0.25) is 0 Å². The minimum Gasteiger partial charge on any atom is -0.454 e. The third kappa shape index (κ3) is 2.96. The van der Waals surface area contributed by atoms with E-state index in [1.54, 1.807) is 10.7 Å². The highest BCUT2D eigenvalue weighted by atomic mass is 35.5. The molecule has 1 aliphatic heterocycles. The lowest BCUT2D eigenvalue weighted by Gasteiger charge is -2.32. The van der Waals surface area contributed by atoms with Crippen LogP contribution in [0, 0.1) is 0 Å². The molecule has 1 aliphatic rings. The molecule has 26 heavy (non-hydrogen) atoms. The molecule has 1 fully saturated rings. The molecular formula is C18H19BClN3O3. The van der Waals surface area contributed by atoms with Crippen molar-refractivity contribution in [2.24, 2.45) is 0 Å². The van der Waals surface area contributed by atoms with E-state index in [4.69, 9.17) is 25.6 Å². The van der Waals surface area contributed by atoms with Gasteiger partial charge in [-0.1, -0.05) is 17.7 Å². The van der Waals surface area contributed by atoms with Crippen molar-refractivity contribution in [3.8, 4) is 11.5 Å². The minimum atomic E-state index is -0.460. The number of pyridine rings is 1. The Balaban J connectivity index is 1.56. The first-order chi connectivity index (χ1) is 12.2. The largest absolute Gasteiger partial charge is 0.494 e. The third-order valence-corrected chi connectivity index (χ3v) is 5.25. The Morgan fingerprint density at radius 3 is 2.50 bits per heavy atom. The van der Waals surface area contributed by atoms with Gasteiger partial charge in [0, 0.05) is 0 Å². The Hall–Kier alpha value is -2.09. The van der Waals surface area contributed by atoms with E-state index < -0.39 is 18.3 Å². The SMILES string of the molecule is CC1(C)OB(c2ccc(Oc3ccc4ncnn4c3)c(Cl)c2)OC1(C)C. The van der Waals surface area contributed by atoms with Crippen LogP contribution in [0.15, 0.2) is 42.9 Å². The van der Waals surface area contributed by atoms with Crippen LogP contribution in [-0.2, 0) is 9.31 Å². The van der Waals surface area contributed by atoms with Crippen LogP contribution in [0.3, 0.4) is 0 Å². The molecular weight excluding hydrogens is 352 g/mol. The number of hydrogen-bond acceptors (Lipinski definition) is 5. The topological polar surface area (TPSA) is 57.9 Å². The number of ether oxygens (including phenoxy) is 1. The van der Waals surface area contributed by atoms with Gasteiger partial charge in [0.25, 0.3) is 0 Å². The highest BCUT2D eigenvalue weighted by molar-refractivity contribution is 6.62. The molecule has 6 nitrogen and oxygen atoms in total. The van der Waals surface area contributed by atoms with Crippen LogP contribution in [0.2, 0.25) is 5.02 Å². The van der Waals surface area contributed by atoms with Crippen molar-refractivity contribution >= 4 is 29.8 Å². The van der Waals surface area contributed by atoms with Crippen molar-refractivity contribution in [1.29, 1.82) is 0 Å². The first-order valence-electron chi connectivity index (χ1n) is 8.37. The first-order valence-corrected chi connectivity index (χ1v) is 8.75. The van der Waals surface area contributed by atoms with Crippen molar-refractivity contribution in [3.05, 3.63) is 47.9 Å². The Bertz CT molecular complexity index is 957. The molecule has 3 heterocycles. The number of halogens is 1. The van der Waals surface area contributed by atoms with Crippen LogP contribution in [0.5, 0.6) is 11.5 Å². The molecule has 0 aliphatic carbocycles. The third-order valence-electron chi connectivity index (χ3n) is 4.96. The van der Waals surface area contributed by atoms with Crippen molar-refractivity contribution in [1.82, 2.24) is 14.6 Å². The Morgan fingerprint density at radius 2 is 1.81 bits per heavy atom. The molecule has 0 amide bonds. The monoisotopic (exact) mass is 371 g/mol. The van der Waals surface area contributed by atoms with Gasteiger partial charge in [-0.25, -0.2) is 9.50 Å². The summed E-state index contributed by atoms with van der Waals surface area (Å²) in [4.78, 5) is 4.11. The molecule has 0 bridgehead atoms. The first kappa shape index (κ1) is 17.3. The predicted octanol–water partition coefficient (Wildman–Crippen LogP) is 3.47. The lowest BCUT2D eigenvalue weighted by Crippen LogP contribution is -2.41. The number of aromatic nitrogens is 3. The van der Waals surface area contributed by atoms with Gasteiger partial charge >= 0.3 is 7.12 Å². The summed E-state index contributed by atoms with van der Waals surface area (Å²) in [7, 11) is -0.460. The average Bonchev–Trinajstić information content (AvgIpc) is 3.11. The summed E-state index contributed by atoms with van der Waals surface area (Å²) < 4.78 is 19.6. The van der Waals surface area contributed by atoms with Gasteiger partial charge in [-0.05, 0) is 57.4 Å². The van der Waals surface area contributed by atoms with Gasteiger partial charge in [-0.2, -0.15) is 5.10 Å². The minimum absolute atomic E-state index is 0.396. The quantitative estimate of drug-likeness (QED) is 0.660. The maximum Gasteiger partial charge on any atom is 0.494 e. The molecule has 1 saturated heterocycles. The summed E-state index contributed by atoms with van der Waals surface area (Å²) in [5, 5.41) is 4.58. The van der Waals surface area contributed by atoms with Crippen LogP contribution in [0.1, 0.15) is 27.7 Å². The fourth-order valence-corrected chi connectivity index (χ4v) is 2.94. The summed E-state index contributed by atoms with van der Waals surface area (Å²) in [6.07, 6.45) is 3.24. The Labute approximate surface area is 157 Å². The van der Waals surface area contributed by atoms with Gasteiger partial charge in [0.05, 0.1) is 22.4 Å². The Kier molecular flexibility index (Phi) is 3.98. The molecule has 0 atom stereocenters. The van der Waals surface area contributed by atoms with Crippen LogP contribution in [0.25, 0.3) is 5.65 Å². The van der Waals surface area contributed by atoms with E-state index in [-0.39, 0.29) is 0 Å². The Morgan fingerprint density at radius 1 is 1.08 bits per heavy atom. The molecule has 4 rings (SSSR count). The molecule has 0 spiro atoms. The van der Waals surface area contributed by atoms with Gasteiger partial charge in [-0.15, -0.1) is 0 Å². The lowest BCUT2D eigenvalue weighted by atomic mass is 9.79. The van der Waals surface area contributed by atoms with Crippen molar-refractivity contribution < 1.29 is 14.0 Å². The van der Waals surface area contributed by atoms with Gasteiger partial charge in [0.15, 0.2) is 5.65 Å². The molecule has 134 valence electrons. The maximum absolute atomic E-state index is 6.43. The van der Waals surface area contributed by atoms with Gasteiger partial charge in [0.2, 0.25) is 0 Å². The molecule has 2 aromatic heterocycles. The molecule has 0 saturated carbocycles. The second-order valence-electron chi connectivity index (χ2n) is 7.31. The summed E-state index contributed by atoms with van der Waals surface area (Å²) in [5.74, 6) is 1.17. The fourth-order valence-electron chi connectivity index (χ4n) is 2.71. The average molecular weight is 372 g/mol. The summed E-state index contributed by atoms with van der Waals surface area (Å²) in [5.41, 5.74) is 0.811. The zero-order chi connectivity index (χ0) is 18.5. The number of fused-ring (bicyclic) bond motifs is 1. The number of benzene rings is 1. The normalized spacial score (nSPS) is 18.4. The molecule has 3 aromatic rings. The van der Waals surface area contributed by atoms with E-state index in [1.807, 2.05) is 58.0 Å². The van der Waals surface area contributed by atoms with Gasteiger partial charge in [0.1, 0.15) is 17.8 Å². The number of rotatable bonds is 3. The zero-order valence-corrected chi connectivity index (χ0v) is 15.8. The van der Waals surface area contributed by atoms with Crippen LogP contribution >= 0.6 is 11.6 Å². The van der Waals surface area contributed by atoms with Crippen LogP contribution in [-0.4, -0.2) is 32.9 Å². The smallest absolute Gasteiger partial charge is 0.454 e. The fraction of sp³-hybridized carbons (Fsp3) is 0.333. The van der Waals surface area contributed by atoms with Crippen molar-refractivity contribution in [2.45, 2.75) is 38.9 Å². The standard InChI is InChI=1S/C18H19BClN3O3/c1-17(2)18(3,4)26-19(25-17)12-5-7-15(14(20)9-12)24-13-6-8-16-21-11-22-23(16)10-13/h5-11H,1-4H3. The second kappa shape index (κ2) is 5.98. The van der Waals surface area contributed by atoms with Crippen LogP contribution in [0.4, 0.5) is 0 Å². The van der Waals surface area contributed by atoms with Crippen LogP contribution < -0.4 is 10.2 Å². The lowest BCUT2D eigenvalue weighted by molar-refractivity contribution is 0.00578. The second-order valence-corrected chi connectivity index (χ2v) is 7.71. The highest BCUT2D eigenvalue weighted by Crippen LogP contribution is 2.37. The van der Waals surface area contributed by atoms with Crippen molar-refractivity contribution in [2.75, 3.05) is 0 Å². The van der Waals surface area contributed by atoms with E-state index in [2.05, 4.69) is 10.1 Å². The van der Waals surface area contributed by atoms with E-state index in [1.165, 1.54) is 6.33 Å². The zero-order valence-electron chi connectivity index (χ0n) is 15.1. The summed E-state index contributed by atoms with van der Waals surface area (Å²) in [6, 6.07) is 9.18. The summed E-state index contributed by atoms with van der Waals surface area (Å²) >= 11 is 6.43. The van der Waals surface area contributed by atoms with E-state index >= 15 is 0 Å². The highest BCUT2D eigenvalue weighted by Gasteiger charge is 2.51. The molecule has 1 aromatic carbocycles. The number of nitrogens with zero attached hydrogens (tertiary/aromatic N) is 3. The van der Waals surface area contributed by atoms with E-state index in [0.29, 0.717) is 16.5 Å². The molecule has 0 radical (unpaired) electrons. The van der Waals surface area contributed by atoms with Gasteiger partial charge < -0.3 is 14.0 Å². The van der Waals surface area contributed by atoms with Crippen molar-refractivity contribution in [3.63, 3.8) is 0 Å². The maximum atomic E-state index is 6.43.